The van der Waals surface area contributed by atoms with Gasteiger partial charge in [-0.2, -0.15) is 4.31 Å². The second-order valence-corrected chi connectivity index (χ2v) is 10.3. The molecule has 0 bridgehead atoms. The average Bonchev–Trinajstić information content (AvgIpc) is 2.83. The van der Waals surface area contributed by atoms with Crippen LogP contribution in [0.25, 0.3) is 0 Å². The molecule has 7 nitrogen and oxygen atoms in total. The Morgan fingerprint density at radius 3 is 2.39 bits per heavy atom. The second-order valence-electron chi connectivity index (χ2n) is 8.00. The van der Waals surface area contributed by atoms with Gasteiger partial charge in [-0.05, 0) is 74.2 Å². The lowest BCUT2D eigenvalue weighted by molar-refractivity contribution is -0.128. The van der Waals surface area contributed by atoms with E-state index in [1.54, 1.807) is 46.8 Å². The number of amides is 1. The minimum atomic E-state index is -3.46. The number of carbonyl (C=O) groups excluding carboxylic acids is 1. The Morgan fingerprint density at radius 1 is 1.09 bits per heavy atom. The fourth-order valence-corrected chi connectivity index (χ4v) is 5.23. The Morgan fingerprint density at radius 2 is 1.76 bits per heavy atom. The number of aryl methyl sites for hydroxylation is 1. The summed E-state index contributed by atoms with van der Waals surface area (Å²) in [6.45, 7) is 5.44. The summed E-state index contributed by atoms with van der Waals surface area (Å²) in [5.41, 5.74) is 0.882. The fourth-order valence-electron chi connectivity index (χ4n) is 3.60. The van der Waals surface area contributed by atoms with Crippen LogP contribution in [0.15, 0.2) is 47.4 Å². The monoisotopic (exact) mass is 494 g/mol. The summed E-state index contributed by atoms with van der Waals surface area (Å²) in [6.07, 6.45) is 2.76. The van der Waals surface area contributed by atoms with Crippen molar-refractivity contribution >= 4 is 27.5 Å². The first-order valence-electron chi connectivity index (χ1n) is 11.2. The number of halogens is 1. The van der Waals surface area contributed by atoms with E-state index in [4.69, 9.17) is 21.1 Å². The van der Waals surface area contributed by atoms with Gasteiger partial charge in [-0.25, -0.2) is 8.42 Å². The van der Waals surface area contributed by atoms with Crippen LogP contribution in [-0.2, 0) is 14.8 Å². The highest BCUT2D eigenvalue weighted by molar-refractivity contribution is 7.89. The Kier molecular flexibility index (Phi) is 9.00. The predicted molar refractivity (Wildman–Crippen MR) is 128 cm³/mol. The Labute approximate surface area is 201 Å². The number of hydrogen-bond donors (Lipinski definition) is 1. The van der Waals surface area contributed by atoms with Crippen LogP contribution in [0.3, 0.4) is 0 Å². The summed E-state index contributed by atoms with van der Waals surface area (Å²) in [4.78, 5) is 12.7. The molecule has 0 spiro atoms. The van der Waals surface area contributed by atoms with Crippen molar-refractivity contribution in [2.24, 2.45) is 0 Å². The molecule has 33 heavy (non-hydrogen) atoms. The lowest BCUT2D eigenvalue weighted by atomic mass is 10.2. The van der Waals surface area contributed by atoms with E-state index in [1.165, 1.54) is 0 Å². The van der Waals surface area contributed by atoms with Crippen molar-refractivity contribution < 1.29 is 22.7 Å². The van der Waals surface area contributed by atoms with Crippen LogP contribution in [0.1, 0.15) is 38.2 Å². The molecule has 1 aliphatic heterocycles. The van der Waals surface area contributed by atoms with Crippen molar-refractivity contribution in [1.82, 2.24) is 9.62 Å². The van der Waals surface area contributed by atoms with Gasteiger partial charge in [-0.3, -0.25) is 4.79 Å². The molecule has 1 aliphatic rings. The SMILES string of the molecule is CC[C@H](Oc1ccc(Cl)c(C)c1)C(=O)NCCOc1ccc(S(=O)(=O)N2CCCCC2)cc1. The molecule has 0 unspecified atom stereocenters. The van der Waals surface area contributed by atoms with E-state index in [0.29, 0.717) is 42.6 Å². The van der Waals surface area contributed by atoms with Gasteiger partial charge in [-0.1, -0.05) is 24.9 Å². The Balaban J connectivity index is 1.45. The molecule has 0 aliphatic carbocycles. The molecule has 1 saturated heterocycles. The van der Waals surface area contributed by atoms with Crippen LogP contribution in [0.2, 0.25) is 5.02 Å². The molecule has 1 amide bonds. The van der Waals surface area contributed by atoms with Crippen molar-refractivity contribution in [3.8, 4) is 11.5 Å². The second kappa shape index (κ2) is 11.7. The zero-order valence-corrected chi connectivity index (χ0v) is 20.6. The maximum atomic E-state index is 12.7. The standard InChI is InChI=1S/C24H31ClN2O5S/c1-3-23(32-20-9-12-22(25)18(2)17-20)24(28)26-13-16-31-19-7-10-21(11-8-19)33(29,30)27-14-5-4-6-15-27/h7-12,17,23H,3-6,13-16H2,1-2H3,(H,26,28)/t23-/m0/s1. The van der Waals surface area contributed by atoms with Gasteiger partial charge in [0.05, 0.1) is 11.4 Å². The Bertz CT molecular complexity index is 1040. The number of piperidine rings is 1. The zero-order chi connectivity index (χ0) is 23.8. The van der Waals surface area contributed by atoms with Gasteiger partial charge in [0.15, 0.2) is 6.10 Å². The van der Waals surface area contributed by atoms with Crippen LogP contribution >= 0.6 is 11.6 Å². The number of carbonyl (C=O) groups is 1. The summed E-state index contributed by atoms with van der Waals surface area (Å²) in [6, 6.07) is 11.7. The van der Waals surface area contributed by atoms with Crippen LogP contribution in [0, 0.1) is 6.92 Å². The number of ether oxygens (including phenoxy) is 2. The first-order chi connectivity index (χ1) is 15.8. The molecule has 1 heterocycles. The summed E-state index contributed by atoms with van der Waals surface area (Å²) in [5, 5.41) is 3.46. The molecule has 1 N–H and O–H groups in total. The van der Waals surface area contributed by atoms with E-state index in [1.807, 2.05) is 13.8 Å². The molecule has 1 fully saturated rings. The summed E-state index contributed by atoms with van der Waals surface area (Å²) >= 11 is 6.03. The molecule has 0 aromatic heterocycles. The zero-order valence-electron chi connectivity index (χ0n) is 19.1. The molecule has 0 radical (unpaired) electrons. The van der Waals surface area contributed by atoms with E-state index in [-0.39, 0.29) is 17.4 Å². The smallest absolute Gasteiger partial charge is 0.261 e. The van der Waals surface area contributed by atoms with Gasteiger partial charge in [0.2, 0.25) is 10.0 Å². The Hall–Kier alpha value is -2.29. The number of hydrogen-bond acceptors (Lipinski definition) is 5. The minimum Gasteiger partial charge on any atom is -0.492 e. The van der Waals surface area contributed by atoms with Gasteiger partial charge in [-0.15, -0.1) is 0 Å². The number of sulfonamides is 1. The normalized spacial score (nSPS) is 15.6. The summed E-state index contributed by atoms with van der Waals surface area (Å²) in [5.74, 6) is 0.910. The molecule has 2 aromatic rings. The molecule has 9 heteroatoms. The maximum Gasteiger partial charge on any atom is 0.261 e. The molecule has 3 rings (SSSR count). The first kappa shape index (κ1) is 25.3. The van der Waals surface area contributed by atoms with Gasteiger partial charge in [0, 0.05) is 18.1 Å². The van der Waals surface area contributed by atoms with E-state index in [0.717, 1.165) is 24.8 Å². The van der Waals surface area contributed by atoms with Crippen LogP contribution in [0.5, 0.6) is 11.5 Å². The highest BCUT2D eigenvalue weighted by Gasteiger charge is 2.25. The van der Waals surface area contributed by atoms with Gasteiger partial charge in [0.1, 0.15) is 18.1 Å². The highest BCUT2D eigenvalue weighted by Crippen LogP contribution is 2.23. The third-order valence-electron chi connectivity index (χ3n) is 5.52. The van der Waals surface area contributed by atoms with E-state index in [2.05, 4.69) is 5.32 Å². The lowest BCUT2D eigenvalue weighted by Crippen LogP contribution is -2.39. The first-order valence-corrected chi connectivity index (χ1v) is 13.1. The molecule has 180 valence electrons. The van der Waals surface area contributed by atoms with Crippen molar-refractivity contribution in [2.45, 2.75) is 50.5 Å². The molecule has 0 saturated carbocycles. The number of nitrogens with one attached hydrogen (secondary N) is 1. The van der Waals surface area contributed by atoms with E-state index >= 15 is 0 Å². The highest BCUT2D eigenvalue weighted by atomic mass is 35.5. The van der Waals surface area contributed by atoms with Crippen molar-refractivity contribution in [2.75, 3.05) is 26.2 Å². The van der Waals surface area contributed by atoms with Crippen molar-refractivity contribution in [3.63, 3.8) is 0 Å². The molecule has 2 aromatic carbocycles. The van der Waals surface area contributed by atoms with Gasteiger partial charge < -0.3 is 14.8 Å². The number of benzene rings is 2. The summed E-state index contributed by atoms with van der Waals surface area (Å²) < 4.78 is 38.4. The molecular formula is C24H31ClN2O5S. The van der Waals surface area contributed by atoms with Crippen LogP contribution < -0.4 is 14.8 Å². The fraction of sp³-hybridized carbons (Fsp3) is 0.458. The van der Waals surface area contributed by atoms with E-state index < -0.39 is 16.1 Å². The van der Waals surface area contributed by atoms with Crippen molar-refractivity contribution in [1.29, 1.82) is 0 Å². The van der Waals surface area contributed by atoms with E-state index in [9.17, 15) is 13.2 Å². The lowest BCUT2D eigenvalue weighted by Gasteiger charge is -2.25. The van der Waals surface area contributed by atoms with Crippen LogP contribution in [-0.4, -0.2) is 51.0 Å². The predicted octanol–water partition coefficient (Wildman–Crippen LogP) is 4.18. The minimum absolute atomic E-state index is 0.225. The van der Waals surface area contributed by atoms with Gasteiger partial charge in [0.25, 0.3) is 5.91 Å². The topological polar surface area (TPSA) is 84.9 Å². The summed E-state index contributed by atoms with van der Waals surface area (Å²) in [7, 11) is -3.46. The average molecular weight is 495 g/mol. The molecular weight excluding hydrogens is 464 g/mol. The molecule has 1 atom stereocenters. The third kappa shape index (κ3) is 6.85. The number of nitrogens with zero attached hydrogens (tertiary/aromatic N) is 1. The van der Waals surface area contributed by atoms with Crippen LogP contribution in [0.4, 0.5) is 0 Å². The van der Waals surface area contributed by atoms with Crippen molar-refractivity contribution in [3.05, 3.63) is 53.1 Å². The maximum absolute atomic E-state index is 12.7. The largest absolute Gasteiger partial charge is 0.492 e. The quantitative estimate of drug-likeness (QED) is 0.501. The number of rotatable bonds is 10. The third-order valence-corrected chi connectivity index (χ3v) is 7.85. The van der Waals surface area contributed by atoms with Gasteiger partial charge >= 0.3 is 0 Å².